The Hall–Kier alpha value is -2.13. The van der Waals surface area contributed by atoms with Gasteiger partial charge in [-0.15, -0.1) is 11.3 Å². The lowest BCUT2D eigenvalue weighted by molar-refractivity contribution is 0.770. The molecule has 3 aromatic rings. The largest absolute Gasteiger partial charge is 0.319 e. The van der Waals surface area contributed by atoms with Gasteiger partial charge in [-0.05, 0) is 17.7 Å². The lowest BCUT2D eigenvalue weighted by atomic mass is 10.2. The molecule has 2 nitrogen and oxygen atoms in total. The molecule has 1 heterocycles. The standard InChI is InChI=1S/C16H14N2S/c1-3-7-14(8-4-1)13-18-11-12-19-16(18)17-15-9-5-2-6-10-15/h1-12H,13H2. The quantitative estimate of drug-likeness (QED) is 0.685. The van der Waals surface area contributed by atoms with Gasteiger partial charge in [0, 0.05) is 18.1 Å². The summed E-state index contributed by atoms with van der Waals surface area (Å²) in [4.78, 5) is 5.70. The summed E-state index contributed by atoms with van der Waals surface area (Å²) < 4.78 is 2.17. The van der Waals surface area contributed by atoms with E-state index >= 15 is 0 Å². The molecule has 3 heteroatoms. The van der Waals surface area contributed by atoms with Crippen molar-refractivity contribution in [1.82, 2.24) is 4.57 Å². The Morgan fingerprint density at radius 3 is 2.32 bits per heavy atom. The van der Waals surface area contributed by atoms with Crippen molar-refractivity contribution < 1.29 is 0 Å². The molecule has 0 spiro atoms. The van der Waals surface area contributed by atoms with Crippen LogP contribution >= 0.6 is 11.3 Å². The summed E-state index contributed by atoms with van der Waals surface area (Å²) in [6, 6.07) is 20.5. The number of para-hydroxylation sites is 1. The second-order valence-corrected chi connectivity index (χ2v) is 5.12. The molecule has 0 atom stereocenters. The van der Waals surface area contributed by atoms with Gasteiger partial charge in [0.15, 0.2) is 4.80 Å². The number of hydrogen-bond acceptors (Lipinski definition) is 2. The molecule has 0 N–H and O–H groups in total. The zero-order valence-electron chi connectivity index (χ0n) is 10.4. The molecule has 0 radical (unpaired) electrons. The van der Waals surface area contributed by atoms with E-state index in [9.17, 15) is 0 Å². The number of rotatable bonds is 3. The van der Waals surface area contributed by atoms with Crippen molar-refractivity contribution in [3.63, 3.8) is 0 Å². The first kappa shape index (κ1) is 11.9. The first-order valence-electron chi connectivity index (χ1n) is 6.19. The number of benzene rings is 2. The van der Waals surface area contributed by atoms with E-state index in [1.165, 1.54) is 5.56 Å². The molecular weight excluding hydrogens is 252 g/mol. The van der Waals surface area contributed by atoms with Crippen LogP contribution in [0.1, 0.15) is 5.56 Å². The van der Waals surface area contributed by atoms with E-state index in [-0.39, 0.29) is 0 Å². The van der Waals surface area contributed by atoms with Gasteiger partial charge >= 0.3 is 0 Å². The van der Waals surface area contributed by atoms with Gasteiger partial charge < -0.3 is 4.57 Å². The highest BCUT2D eigenvalue weighted by atomic mass is 32.1. The summed E-state index contributed by atoms with van der Waals surface area (Å²) in [6.07, 6.45) is 2.08. The van der Waals surface area contributed by atoms with E-state index in [0.717, 1.165) is 17.0 Å². The van der Waals surface area contributed by atoms with Gasteiger partial charge in [0.2, 0.25) is 0 Å². The summed E-state index contributed by atoms with van der Waals surface area (Å²) in [6.45, 7) is 0.857. The van der Waals surface area contributed by atoms with Crippen LogP contribution in [0.4, 0.5) is 5.69 Å². The maximum atomic E-state index is 4.68. The van der Waals surface area contributed by atoms with E-state index in [1.807, 2.05) is 36.4 Å². The lowest BCUT2D eigenvalue weighted by Gasteiger charge is -2.02. The normalized spacial score (nSPS) is 11.7. The molecule has 0 aliphatic heterocycles. The second-order valence-electron chi connectivity index (χ2n) is 4.25. The Bertz CT molecular complexity index is 696. The third-order valence-electron chi connectivity index (χ3n) is 2.84. The van der Waals surface area contributed by atoms with E-state index in [0.29, 0.717) is 0 Å². The van der Waals surface area contributed by atoms with Crippen molar-refractivity contribution >= 4 is 17.0 Å². The zero-order valence-corrected chi connectivity index (χ0v) is 11.3. The van der Waals surface area contributed by atoms with E-state index in [2.05, 4.69) is 45.4 Å². The highest BCUT2D eigenvalue weighted by Gasteiger charge is 1.97. The topological polar surface area (TPSA) is 17.3 Å². The molecule has 19 heavy (non-hydrogen) atoms. The molecule has 2 aromatic carbocycles. The molecule has 0 aliphatic carbocycles. The summed E-state index contributed by atoms with van der Waals surface area (Å²) in [7, 11) is 0. The molecular formula is C16H14N2S. The van der Waals surface area contributed by atoms with Gasteiger partial charge in [-0.25, -0.2) is 4.99 Å². The molecule has 0 saturated heterocycles. The van der Waals surface area contributed by atoms with E-state index < -0.39 is 0 Å². The van der Waals surface area contributed by atoms with Gasteiger partial charge in [-0.1, -0.05) is 48.5 Å². The smallest absolute Gasteiger partial charge is 0.190 e. The van der Waals surface area contributed by atoms with Gasteiger partial charge in [0.05, 0.1) is 5.69 Å². The maximum absolute atomic E-state index is 4.68. The van der Waals surface area contributed by atoms with Gasteiger partial charge in [0.25, 0.3) is 0 Å². The van der Waals surface area contributed by atoms with Crippen LogP contribution in [0.2, 0.25) is 0 Å². The van der Waals surface area contributed by atoms with Crippen molar-refractivity contribution in [3.8, 4) is 0 Å². The summed E-state index contributed by atoms with van der Waals surface area (Å²) in [5, 5.41) is 2.07. The minimum atomic E-state index is 0.857. The van der Waals surface area contributed by atoms with Crippen molar-refractivity contribution in [2.24, 2.45) is 4.99 Å². The summed E-state index contributed by atoms with van der Waals surface area (Å²) >= 11 is 1.66. The van der Waals surface area contributed by atoms with E-state index in [1.54, 1.807) is 11.3 Å². The van der Waals surface area contributed by atoms with Gasteiger partial charge in [-0.3, -0.25) is 0 Å². The Morgan fingerprint density at radius 2 is 1.58 bits per heavy atom. The summed E-state index contributed by atoms with van der Waals surface area (Å²) in [5.74, 6) is 0. The van der Waals surface area contributed by atoms with E-state index in [4.69, 9.17) is 0 Å². The Balaban J connectivity index is 1.93. The van der Waals surface area contributed by atoms with Crippen LogP contribution in [0.15, 0.2) is 77.2 Å². The van der Waals surface area contributed by atoms with Crippen molar-refractivity contribution in [3.05, 3.63) is 82.6 Å². The monoisotopic (exact) mass is 266 g/mol. The predicted molar refractivity (Wildman–Crippen MR) is 79.5 cm³/mol. The minimum Gasteiger partial charge on any atom is -0.319 e. The molecule has 3 rings (SSSR count). The SMILES string of the molecule is c1ccc(Cn2ccsc2=Nc2ccccc2)cc1. The van der Waals surface area contributed by atoms with Crippen LogP contribution in [0, 0.1) is 0 Å². The fourth-order valence-corrected chi connectivity index (χ4v) is 2.65. The molecule has 0 saturated carbocycles. The zero-order chi connectivity index (χ0) is 12.9. The number of nitrogens with zero attached hydrogens (tertiary/aromatic N) is 2. The minimum absolute atomic E-state index is 0.857. The lowest BCUT2D eigenvalue weighted by Crippen LogP contribution is -2.14. The first-order valence-corrected chi connectivity index (χ1v) is 7.07. The van der Waals surface area contributed by atoms with Crippen LogP contribution in [0.3, 0.4) is 0 Å². The fourth-order valence-electron chi connectivity index (χ4n) is 1.90. The first-order chi connectivity index (χ1) is 9.42. The van der Waals surface area contributed by atoms with Crippen molar-refractivity contribution in [2.45, 2.75) is 6.54 Å². The Morgan fingerprint density at radius 1 is 0.895 bits per heavy atom. The highest BCUT2D eigenvalue weighted by Crippen LogP contribution is 2.09. The van der Waals surface area contributed by atoms with Crippen molar-refractivity contribution in [2.75, 3.05) is 0 Å². The van der Waals surface area contributed by atoms with Crippen LogP contribution < -0.4 is 4.80 Å². The second kappa shape index (κ2) is 5.67. The fraction of sp³-hybridized carbons (Fsp3) is 0.0625. The number of aromatic nitrogens is 1. The maximum Gasteiger partial charge on any atom is 0.190 e. The van der Waals surface area contributed by atoms with Crippen LogP contribution in [-0.4, -0.2) is 4.57 Å². The Kier molecular flexibility index (Phi) is 3.56. The molecule has 0 fully saturated rings. The molecule has 0 unspecified atom stereocenters. The van der Waals surface area contributed by atoms with Crippen LogP contribution in [0.5, 0.6) is 0 Å². The Labute approximate surface area is 116 Å². The average Bonchev–Trinajstić information content (AvgIpc) is 2.88. The summed E-state index contributed by atoms with van der Waals surface area (Å²) in [5.41, 5.74) is 2.28. The predicted octanol–water partition coefficient (Wildman–Crippen LogP) is 3.83. The van der Waals surface area contributed by atoms with Gasteiger partial charge in [-0.2, -0.15) is 0 Å². The molecule has 0 bridgehead atoms. The van der Waals surface area contributed by atoms with Gasteiger partial charge in [0.1, 0.15) is 0 Å². The third kappa shape index (κ3) is 3.01. The highest BCUT2D eigenvalue weighted by molar-refractivity contribution is 7.07. The van der Waals surface area contributed by atoms with Crippen molar-refractivity contribution in [1.29, 1.82) is 0 Å². The molecule has 0 amide bonds. The number of thiazole rings is 1. The van der Waals surface area contributed by atoms with Crippen LogP contribution in [0.25, 0.3) is 0 Å². The molecule has 1 aromatic heterocycles. The molecule has 94 valence electrons. The molecule has 0 aliphatic rings. The average molecular weight is 266 g/mol. The third-order valence-corrected chi connectivity index (χ3v) is 3.63. The van der Waals surface area contributed by atoms with Crippen LogP contribution in [-0.2, 0) is 6.54 Å². The number of hydrogen-bond donors (Lipinski definition) is 0.